The highest BCUT2D eigenvalue weighted by Crippen LogP contribution is 2.61. The smallest absolute Gasteiger partial charge is 0.260 e. The Balaban J connectivity index is 1.000. The fraction of sp³-hybridized carbons (Fsp3) is 0.107. The number of hydrogen-bond acceptors (Lipinski definition) is 3. The van der Waals surface area contributed by atoms with E-state index in [2.05, 4.69) is 215 Å². The number of fused-ring (bicyclic) bond motifs is 14. The van der Waals surface area contributed by atoms with Gasteiger partial charge in [-0.15, -0.1) is 0 Å². The van der Waals surface area contributed by atoms with Crippen LogP contribution >= 0.6 is 0 Å². The van der Waals surface area contributed by atoms with Gasteiger partial charge in [0, 0.05) is 56.4 Å². The van der Waals surface area contributed by atoms with Crippen LogP contribution in [0.15, 0.2) is 188 Å². The standard InChI is InChI=1S/C56H40BN3O2/c1-34-16-11-13-24-43(34)60-46-33-31-42-56(50(46)39-28-29-40-51(54(39)60)53(40)58(35-17-5-2-6-18-35)36-19-7-3-8-20-36)62-48-27-15-26-47-52(48)57(42)41-30-32-45-49(55(41)61-47)38-23-12-14-25-44(38)59(45)37-21-9-4-10-22-37/h2-34,40,43,51,53H,1H3. The summed E-state index contributed by atoms with van der Waals surface area (Å²) in [7, 11) is 0. The van der Waals surface area contributed by atoms with Crippen molar-refractivity contribution >= 4 is 73.3 Å². The van der Waals surface area contributed by atoms with Gasteiger partial charge in [0.05, 0.1) is 34.0 Å². The van der Waals surface area contributed by atoms with Crippen molar-refractivity contribution in [2.75, 3.05) is 4.90 Å². The summed E-state index contributed by atoms with van der Waals surface area (Å²) in [5.41, 5.74) is 13.2. The van der Waals surface area contributed by atoms with Gasteiger partial charge >= 0.3 is 0 Å². The first-order chi connectivity index (χ1) is 30.7. The minimum absolute atomic E-state index is 0.0718. The summed E-state index contributed by atoms with van der Waals surface area (Å²) in [6.07, 6.45) is 14.1. The molecule has 7 aromatic carbocycles. The molecule has 1 saturated carbocycles. The van der Waals surface area contributed by atoms with E-state index >= 15 is 0 Å². The van der Waals surface area contributed by atoms with Gasteiger partial charge in [-0.2, -0.15) is 0 Å². The molecule has 62 heavy (non-hydrogen) atoms. The van der Waals surface area contributed by atoms with Crippen molar-refractivity contribution in [3.8, 4) is 28.7 Å². The molecule has 14 rings (SSSR count). The van der Waals surface area contributed by atoms with E-state index in [9.17, 15) is 0 Å². The van der Waals surface area contributed by atoms with Gasteiger partial charge in [0.2, 0.25) is 0 Å². The molecule has 0 radical (unpaired) electrons. The first-order valence-corrected chi connectivity index (χ1v) is 22.0. The summed E-state index contributed by atoms with van der Waals surface area (Å²) in [4.78, 5) is 2.58. The lowest BCUT2D eigenvalue weighted by molar-refractivity contribution is 0.469. The van der Waals surface area contributed by atoms with E-state index in [1.807, 2.05) is 0 Å². The minimum atomic E-state index is -0.0718. The maximum Gasteiger partial charge on any atom is 0.260 e. The van der Waals surface area contributed by atoms with E-state index in [-0.39, 0.29) is 18.8 Å². The number of para-hydroxylation sites is 4. The lowest BCUT2D eigenvalue weighted by atomic mass is 9.34. The third-order valence-corrected chi connectivity index (χ3v) is 14.3. The molecule has 0 saturated heterocycles. The molecule has 0 spiro atoms. The molecule has 2 aliphatic heterocycles. The Hall–Kier alpha value is -7.44. The molecule has 5 aliphatic rings. The highest BCUT2D eigenvalue weighted by Gasteiger charge is 2.58. The van der Waals surface area contributed by atoms with E-state index in [0.29, 0.717) is 17.8 Å². The molecule has 0 N–H and O–H groups in total. The fourth-order valence-corrected chi connectivity index (χ4v) is 11.7. The van der Waals surface area contributed by atoms with Crippen LogP contribution in [0.1, 0.15) is 30.1 Å². The Morgan fingerprint density at radius 3 is 1.90 bits per heavy atom. The second-order valence-electron chi connectivity index (χ2n) is 17.5. The maximum absolute atomic E-state index is 7.25. The first-order valence-electron chi connectivity index (χ1n) is 22.0. The van der Waals surface area contributed by atoms with Gasteiger partial charge in [0.1, 0.15) is 23.0 Å². The van der Waals surface area contributed by atoms with Crippen molar-refractivity contribution in [2.45, 2.75) is 24.9 Å². The van der Waals surface area contributed by atoms with Crippen LogP contribution in [-0.4, -0.2) is 21.9 Å². The summed E-state index contributed by atoms with van der Waals surface area (Å²) >= 11 is 0. The van der Waals surface area contributed by atoms with E-state index < -0.39 is 0 Å². The molecule has 5 unspecified atom stereocenters. The number of ether oxygens (including phenoxy) is 2. The van der Waals surface area contributed by atoms with Crippen LogP contribution in [0.5, 0.6) is 23.0 Å². The second kappa shape index (κ2) is 12.8. The second-order valence-corrected chi connectivity index (χ2v) is 17.5. The SMILES string of the molecule is CC1C=CC=CC1n1c2c(c3c4c(ccc31)B1c3ccc5c(c3Oc3cccc(c31)O4)c1ccccc1n5-c1ccccc1)C=CC1C2C1N(c1ccccc1)c1ccccc1. The Labute approximate surface area is 360 Å². The van der Waals surface area contributed by atoms with Gasteiger partial charge < -0.3 is 23.5 Å². The molecular formula is C56H40BN3O2. The summed E-state index contributed by atoms with van der Waals surface area (Å²) in [5.74, 6) is 4.59. The molecule has 5 atom stereocenters. The lowest BCUT2D eigenvalue weighted by Crippen LogP contribution is -2.57. The average molecular weight is 798 g/mol. The molecule has 5 nitrogen and oxygen atoms in total. The third-order valence-electron chi connectivity index (χ3n) is 14.3. The Morgan fingerprint density at radius 2 is 1.19 bits per heavy atom. The first kappa shape index (κ1) is 34.3. The van der Waals surface area contributed by atoms with Crippen LogP contribution in [0.25, 0.3) is 44.5 Å². The molecule has 2 aromatic heterocycles. The van der Waals surface area contributed by atoms with Gasteiger partial charge in [0.25, 0.3) is 6.71 Å². The molecule has 1 fully saturated rings. The van der Waals surface area contributed by atoms with Crippen LogP contribution in [-0.2, 0) is 0 Å². The zero-order valence-electron chi connectivity index (χ0n) is 34.1. The lowest BCUT2D eigenvalue weighted by Gasteiger charge is -2.33. The zero-order valence-corrected chi connectivity index (χ0v) is 34.1. The number of nitrogens with zero attached hydrogens (tertiary/aromatic N) is 3. The molecule has 6 heteroatoms. The number of anilines is 2. The van der Waals surface area contributed by atoms with Crippen molar-refractivity contribution < 1.29 is 9.47 Å². The molecule has 294 valence electrons. The van der Waals surface area contributed by atoms with Crippen LogP contribution in [0.4, 0.5) is 11.4 Å². The fourth-order valence-electron chi connectivity index (χ4n) is 11.7. The van der Waals surface area contributed by atoms with Crippen molar-refractivity contribution in [3.63, 3.8) is 0 Å². The molecule has 9 aromatic rings. The summed E-state index contributed by atoms with van der Waals surface area (Å²) < 4.78 is 19.4. The number of hydrogen-bond donors (Lipinski definition) is 0. The highest BCUT2D eigenvalue weighted by atomic mass is 16.5. The van der Waals surface area contributed by atoms with Crippen LogP contribution in [0, 0.1) is 11.8 Å². The normalized spacial score (nSPS) is 20.9. The molecule has 3 aliphatic carbocycles. The van der Waals surface area contributed by atoms with Crippen LogP contribution in [0.2, 0.25) is 0 Å². The predicted molar refractivity (Wildman–Crippen MR) is 255 cm³/mol. The largest absolute Gasteiger partial charge is 0.458 e. The Kier molecular flexibility index (Phi) is 7.08. The quantitative estimate of drug-likeness (QED) is 0.163. The zero-order chi connectivity index (χ0) is 40.6. The van der Waals surface area contributed by atoms with E-state index in [1.54, 1.807) is 0 Å². The van der Waals surface area contributed by atoms with Gasteiger partial charge in [0.15, 0.2) is 0 Å². The van der Waals surface area contributed by atoms with E-state index in [4.69, 9.17) is 9.47 Å². The molecular weight excluding hydrogens is 757 g/mol. The Bertz CT molecular complexity index is 3380. The number of benzene rings is 7. The monoisotopic (exact) mass is 797 g/mol. The highest BCUT2D eigenvalue weighted by molar-refractivity contribution is 6.98. The van der Waals surface area contributed by atoms with E-state index in [0.717, 1.165) is 50.6 Å². The minimum Gasteiger partial charge on any atom is -0.458 e. The molecule has 4 heterocycles. The summed E-state index contributed by atoms with van der Waals surface area (Å²) in [6, 6.07) is 57.4. The maximum atomic E-state index is 7.25. The molecule has 0 bridgehead atoms. The van der Waals surface area contributed by atoms with Crippen molar-refractivity contribution in [1.29, 1.82) is 0 Å². The third kappa shape index (κ3) is 4.64. The van der Waals surface area contributed by atoms with Gasteiger partial charge in [-0.1, -0.05) is 134 Å². The topological polar surface area (TPSA) is 31.6 Å². The summed E-state index contributed by atoms with van der Waals surface area (Å²) in [5, 5.41) is 3.51. The molecule has 0 amide bonds. The summed E-state index contributed by atoms with van der Waals surface area (Å²) in [6.45, 7) is 2.28. The number of rotatable bonds is 5. The van der Waals surface area contributed by atoms with Gasteiger partial charge in [-0.25, -0.2) is 0 Å². The van der Waals surface area contributed by atoms with E-state index in [1.165, 1.54) is 49.8 Å². The van der Waals surface area contributed by atoms with Crippen LogP contribution in [0.3, 0.4) is 0 Å². The number of aromatic nitrogens is 2. The van der Waals surface area contributed by atoms with Crippen LogP contribution < -0.4 is 30.8 Å². The van der Waals surface area contributed by atoms with Crippen molar-refractivity contribution in [1.82, 2.24) is 9.13 Å². The average Bonchev–Trinajstić information content (AvgIpc) is 3.78. The van der Waals surface area contributed by atoms with Crippen molar-refractivity contribution in [2.24, 2.45) is 11.8 Å². The number of allylic oxidation sites excluding steroid dienone is 4. The van der Waals surface area contributed by atoms with Gasteiger partial charge in [-0.05, 0) is 83.6 Å². The van der Waals surface area contributed by atoms with Crippen molar-refractivity contribution in [3.05, 3.63) is 199 Å². The predicted octanol–water partition coefficient (Wildman–Crippen LogP) is 11.7. The Morgan fingerprint density at radius 1 is 0.565 bits per heavy atom. The van der Waals surface area contributed by atoms with Gasteiger partial charge in [-0.3, -0.25) is 0 Å².